The summed E-state index contributed by atoms with van der Waals surface area (Å²) in [6.45, 7) is 3.77. The fraction of sp³-hybridized carbons (Fsp3) is 0.400. The average molecular weight is 259 g/mol. The molecular formula is C15H21N3O. The maximum Gasteiger partial charge on any atom is 0.122 e. The normalized spacial score (nSPS) is 12.8. The average Bonchev–Trinajstić information content (AvgIpc) is 2.89. The lowest BCUT2D eigenvalue weighted by Crippen LogP contribution is -2.30. The van der Waals surface area contributed by atoms with Crippen LogP contribution in [0.1, 0.15) is 22.9 Å². The number of likely N-dealkylation sites (N-methyl/N-ethyl adjacent to an activating group) is 1. The predicted octanol–water partition coefficient (Wildman–Crippen LogP) is 2.38. The molecule has 1 unspecified atom stereocenters. The summed E-state index contributed by atoms with van der Waals surface area (Å²) in [5.41, 5.74) is 2.50. The van der Waals surface area contributed by atoms with E-state index in [1.54, 1.807) is 6.26 Å². The second-order valence-electron chi connectivity index (χ2n) is 4.93. The Morgan fingerprint density at radius 2 is 2.21 bits per heavy atom. The molecule has 2 heterocycles. The van der Waals surface area contributed by atoms with E-state index in [2.05, 4.69) is 36.2 Å². The van der Waals surface area contributed by atoms with E-state index in [1.807, 2.05) is 30.6 Å². The molecule has 0 amide bonds. The number of pyridine rings is 1. The molecule has 0 aliphatic heterocycles. The zero-order chi connectivity index (χ0) is 13.7. The lowest BCUT2D eigenvalue weighted by Gasteiger charge is -2.22. The van der Waals surface area contributed by atoms with Gasteiger partial charge in [0.25, 0.3) is 0 Å². The zero-order valence-corrected chi connectivity index (χ0v) is 11.8. The summed E-state index contributed by atoms with van der Waals surface area (Å²) in [4.78, 5) is 6.31. The molecule has 0 saturated heterocycles. The van der Waals surface area contributed by atoms with Crippen molar-refractivity contribution in [2.75, 3.05) is 20.6 Å². The molecule has 0 saturated carbocycles. The number of nitrogens with one attached hydrogen (secondary N) is 1. The third kappa shape index (κ3) is 3.66. The molecule has 2 aromatic rings. The lowest BCUT2D eigenvalue weighted by molar-refractivity contribution is 0.250. The van der Waals surface area contributed by atoms with E-state index in [0.29, 0.717) is 0 Å². The predicted molar refractivity (Wildman–Crippen MR) is 75.8 cm³/mol. The topological polar surface area (TPSA) is 41.3 Å². The summed E-state index contributed by atoms with van der Waals surface area (Å²) in [6.07, 6.45) is 5.46. The number of aryl methyl sites for hydroxylation is 1. The summed E-state index contributed by atoms with van der Waals surface area (Å²) in [7, 11) is 4.12. The van der Waals surface area contributed by atoms with Crippen LogP contribution in [0.5, 0.6) is 0 Å². The highest BCUT2D eigenvalue weighted by Gasteiger charge is 2.16. The van der Waals surface area contributed by atoms with Crippen LogP contribution < -0.4 is 5.32 Å². The van der Waals surface area contributed by atoms with E-state index >= 15 is 0 Å². The van der Waals surface area contributed by atoms with E-state index in [4.69, 9.17) is 4.42 Å². The number of aromatic nitrogens is 1. The third-order valence-corrected chi connectivity index (χ3v) is 3.30. The van der Waals surface area contributed by atoms with Gasteiger partial charge in [0.2, 0.25) is 0 Å². The van der Waals surface area contributed by atoms with Crippen LogP contribution in [0.4, 0.5) is 0 Å². The van der Waals surface area contributed by atoms with Crippen molar-refractivity contribution in [1.82, 2.24) is 15.2 Å². The Hall–Kier alpha value is -1.65. The zero-order valence-electron chi connectivity index (χ0n) is 11.8. The van der Waals surface area contributed by atoms with Gasteiger partial charge in [0.15, 0.2) is 0 Å². The highest BCUT2D eigenvalue weighted by atomic mass is 16.3. The van der Waals surface area contributed by atoms with Gasteiger partial charge >= 0.3 is 0 Å². The molecule has 0 aliphatic rings. The Morgan fingerprint density at radius 3 is 2.84 bits per heavy atom. The largest absolute Gasteiger partial charge is 0.468 e. The number of nitrogens with zero attached hydrogens (tertiary/aromatic N) is 2. The molecule has 2 aromatic heterocycles. The monoisotopic (exact) mass is 259 g/mol. The van der Waals surface area contributed by atoms with E-state index in [0.717, 1.165) is 18.8 Å². The number of hydrogen-bond donors (Lipinski definition) is 1. The summed E-state index contributed by atoms with van der Waals surface area (Å²) in [5, 5.41) is 3.47. The summed E-state index contributed by atoms with van der Waals surface area (Å²) in [6, 6.07) is 6.22. The quantitative estimate of drug-likeness (QED) is 0.864. The van der Waals surface area contributed by atoms with Gasteiger partial charge in [-0.3, -0.25) is 9.88 Å². The smallest absolute Gasteiger partial charge is 0.122 e. The molecule has 102 valence electrons. The molecule has 4 heteroatoms. The first-order valence-corrected chi connectivity index (χ1v) is 6.48. The van der Waals surface area contributed by atoms with Crippen LogP contribution >= 0.6 is 0 Å². The van der Waals surface area contributed by atoms with Gasteiger partial charge in [-0.05, 0) is 50.3 Å². The summed E-state index contributed by atoms with van der Waals surface area (Å²) >= 11 is 0. The maximum atomic E-state index is 5.49. The van der Waals surface area contributed by atoms with Gasteiger partial charge in [-0.25, -0.2) is 0 Å². The number of rotatable bonds is 6. The van der Waals surface area contributed by atoms with Gasteiger partial charge in [-0.1, -0.05) is 0 Å². The summed E-state index contributed by atoms with van der Waals surface area (Å²) in [5.74, 6) is 0.986. The van der Waals surface area contributed by atoms with Crippen LogP contribution in [0, 0.1) is 6.92 Å². The van der Waals surface area contributed by atoms with Gasteiger partial charge in [-0.2, -0.15) is 0 Å². The van der Waals surface area contributed by atoms with Crippen molar-refractivity contribution in [2.45, 2.75) is 19.5 Å². The van der Waals surface area contributed by atoms with Gasteiger partial charge < -0.3 is 9.73 Å². The molecule has 4 nitrogen and oxygen atoms in total. The second-order valence-corrected chi connectivity index (χ2v) is 4.93. The van der Waals surface area contributed by atoms with Gasteiger partial charge in [0, 0.05) is 25.5 Å². The number of furan rings is 1. The molecule has 0 radical (unpaired) electrons. The molecule has 1 atom stereocenters. The standard InChI is InChI=1S/C15H21N3O/c1-12-6-7-16-9-13(12)10-17-11-14(18(2)3)15-5-4-8-19-15/h4-9,14,17H,10-11H2,1-3H3. The first kappa shape index (κ1) is 13.8. The highest BCUT2D eigenvalue weighted by molar-refractivity contribution is 5.21. The molecule has 19 heavy (non-hydrogen) atoms. The molecule has 0 fully saturated rings. The van der Waals surface area contributed by atoms with Crippen LogP contribution in [-0.2, 0) is 6.54 Å². The minimum atomic E-state index is 0.243. The van der Waals surface area contributed by atoms with Crippen LogP contribution in [0.2, 0.25) is 0 Å². The molecule has 1 N–H and O–H groups in total. The van der Waals surface area contributed by atoms with Gasteiger partial charge in [0.05, 0.1) is 12.3 Å². The van der Waals surface area contributed by atoms with Crippen LogP contribution in [0.15, 0.2) is 41.3 Å². The minimum absolute atomic E-state index is 0.243. The Kier molecular flexibility index (Phi) is 4.71. The lowest BCUT2D eigenvalue weighted by atomic mass is 10.1. The number of hydrogen-bond acceptors (Lipinski definition) is 4. The molecular weight excluding hydrogens is 238 g/mol. The van der Waals surface area contributed by atoms with Crippen molar-refractivity contribution in [1.29, 1.82) is 0 Å². The molecule has 0 spiro atoms. The minimum Gasteiger partial charge on any atom is -0.468 e. The van der Waals surface area contributed by atoms with E-state index in [1.165, 1.54) is 11.1 Å². The van der Waals surface area contributed by atoms with Crippen LogP contribution in [0.3, 0.4) is 0 Å². The van der Waals surface area contributed by atoms with Crippen LogP contribution in [-0.4, -0.2) is 30.5 Å². The SMILES string of the molecule is Cc1ccncc1CNCC(c1ccco1)N(C)C. The Balaban J connectivity index is 1.92. The van der Waals surface area contributed by atoms with Crippen LogP contribution in [0.25, 0.3) is 0 Å². The molecule has 0 aliphatic carbocycles. The van der Waals surface area contributed by atoms with Crippen molar-refractivity contribution >= 4 is 0 Å². The third-order valence-electron chi connectivity index (χ3n) is 3.30. The Labute approximate surface area is 114 Å². The molecule has 2 rings (SSSR count). The van der Waals surface area contributed by atoms with E-state index in [-0.39, 0.29) is 6.04 Å². The Bertz CT molecular complexity index is 494. The Morgan fingerprint density at radius 1 is 1.37 bits per heavy atom. The van der Waals surface area contributed by atoms with Crippen molar-refractivity contribution < 1.29 is 4.42 Å². The van der Waals surface area contributed by atoms with E-state index in [9.17, 15) is 0 Å². The second kappa shape index (κ2) is 6.50. The first-order valence-electron chi connectivity index (χ1n) is 6.48. The van der Waals surface area contributed by atoms with Gasteiger partial charge in [-0.15, -0.1) is 0 Å². The van der Waals surface area contributed by atoms with Crippen molar-refractivity contribution in [3.63, 3.8) is 0 Å². The fourth-order valence-corrected chi connectivity index (χ4v) is 2.04. The highest BCUT2D eigenvalue weighted by Crippen LogP contribution is 2.17. The van der Waals surface area contributed by atoms with Crippen molar-refractivity contribution in [2.24, 2.45) is 0 Å². The van der Waals surface area contributed by atoms with E-state index < -0.39 is 0 Å². The maximum absolute atomic E-state index is 5.49. The summed E-state index contributed by atoms with van der Waals surface area (Å²) < 4.78 is 5.49. The molecule has 0 bridgehead atoms. The van der Waals surface area contributed by atoms with Gasteiger partial charge in [0.1, 0.15) is 5.76 Å². The molecule has 0 aromatic carbocycles. The fourth-order valence-electron chi connectivity index (χ4n) is 2.04. The van der Waals surface area contributed by atoms with Crippen molar-refractivity contribution in [3.05, 3.63) is 53.7 Å². The first-order chi connectivity index (χ1) is 9.18. The van der Waals surface area contributed by atoms with Crippen molar-refractivity contribution in [3.8, 4) is 0 Å².